The first-order valence-electron chi connectivity index (χ1n) is 9.84. The zero-order valence-corrected chi connectivity index (χ0v) is 18.5. The highest BCUT2D eigenvalue weighted by Gasteiger charge is 2.21. The number of nitrogens with one attached hydrogen (secondary N) is 1. The predicted molar refractivity (Wildman–Crippen MR) is 118 cm³/mol. The number of ether oxygens (including phenoxy) is 2. The molecule has 0 aliphatic heterocycles. The molecule has 1 N–H and O–H groups in total. The maximum Gasteiger partial charge on any atom is 0.344 e. The summed E-state index contributed by atoms with van der Waals surface area (Å²) in [5.74, 6) is -0.927. The fourth-order valence-corrected chi connectivity index (χ4v) is 3.93. The molecule has 166 valence electrons. The summed E-state index contributed by atoms with van der Waals surface area (Å²) in [6.45, 7) is 0.973. The lowest BCUT2D eigenvalue weighted by Crippen LogP contribution is -2.32. The average Bonchev–Trinajstić information content (AvgIpc) is 3.25. The highest BCUT2D eigenvalue weighted by Crippen LogP contribution is 2.29. The molecule has 0 bridgehead atoms. The van der Waals surface area contributed by atoms with E-state index in [4.69, 9.17) is 37.1 Å². The summed E-state index contributed by atoms with van der Waals surface area (Å²) in [6.07, 6.45) is 2.70. The molecule has 1 amide bonds. The van der Waals surface area contributed by atoms with Crippen LogP contribution in [0.1, 0.15) is 24.5 Å². The quantitative estimate of drug-likeness (QED) is 0.423. The maximum absolute atomic E-state index is 12.2. The van der Waals surface area contributed by atoms with Crippen molar-refractivity contribution in [1.29, 1.82) is 0 Å². The second kappa shape index (κ2) is 9.18. The van der Waals surface area contributed by atoms with E-state index in [2.05, 4.69) is 10.3 Å². The van der Waals surface area contributed by atoms with Gasteiger partial charge >= 0.3 is 11.6 Å². The highest BCUT2D eigenvalue weighted by atomic mass is 35.5. The fraction of sp³-hybridized carbons (Fsp3) is 0.273. The lowest BCUT2D eigenvalue weighted by Gasteiger charge is -2.14. The Morgan fingerprint density at radius 3 is 2.78 bits per heavy atom. The molecule has 4 rings (SSSR count). The molecule has 2 heterocycles. The maximum atomic E-state index is 12.2. The molecule has 0 radical (unpaired) electrons. The number of hydrogen-bond donors (Lipinski definition) is 1. The van der Waals surface area contributed by atoms with Crippen molar-refractivity contribution in [3.05, 3.63) is 62.1 Å². The van der Waals surface area contributed by atoms with E-state index in [9.17, 15) is 14.4 Å². The average molecular weight is 477 g/mol. The molecule has 3 aromatic rings. The molecule has 0 fully saturated rings. The minimum atomic E-state index is -1.11. The second-order valence-corrected chi connectivity index (χ2v) is 8.10. The Labute approximate surface area is 192 Å². The van der Waals surface area contributed by atoms with E-state index in [1.54, 1.807) is 12.1 Å². The molecule has 2 aromatic heterocycles. The number of aromatic nitrogens is 1. The first-order chi connectivity index (χ1) is 15.3. The molecule has 1 aromatic carbocycles. The van der Waals surface area contributed by atoms with Crippen molar-refractivity contribution in [1.82, 2.24) is 4.98 Å². The van der Waals surface area contributed by atoms with Crippen molar-refractivity contribution in [2.45, 2.75) is 32.3 Å². The van der Waals surface area contributed by atoms with Crippen LogP contribution in [0.15, 0.2) is 39.7 Å². The fourth-order valence-electron chi connectivity index (χ4n) is 3.51. The molecule has 0 spiro atoms. The largest absolute Gasteiger partial charge is 0.482 e. The standard InChI is InChI=1S/C22H18Cl2N2O6/c1-11(21(28)26-20-17(24)7-12(23)9-25-20)31-19(27)10-30-13-5-6-15-14-3-2-4-16(14)22(29)32-18(15)8-13/h5-9,11H,2-4,10H2,1H3,(H,25,26,28)/t11-/m0/s1. The Balaban J connectivity index is 1.35. The van der Waals surface area contributed by atoms with Crippen LogP contribution in [0.2, 0.25) is 10.0 Å². The third-order valence-electron chi connectivity index (χ3n) is 5.03. The van der Waals surface area contributed by atoms with Gasteiger partial charge in [-0.1, -0.05) is 23.2 Å². The number of carbonyl (C=O) groups is 2. The minimum absolute atomic E-state index is 0.101. The molecule has 32 heavy (non-hydrogen) atoms. The number of rotatable bonds is 6. The lowest BCUT2D eigenvalue weighted by molar-refractivity contribution is -0.155. The van der Waals surface area contributed by atoms with E-state index >= 15 is 0 Å². The third-order valence-corrected chi connectivity index (χ3v) is 5.52. The van der Waals surface area contributed by atoms with E-state index in [0.29, 0.717) is 16.4 Å². The number of carbonyl (C=O) groups excluding carboxylic acids is 2. The molecule has 0 saturated carbocycles. The number of pyridine rings is 1. The molecule has 0 unspecified atom stereocenters. The van der Waals surface area contributed by atoms with E-state index in [1.807, 2.05) is 6.07 Å². The number of fused-ring (bicyclic) bond motifs is 3. The van der Waals surface area contributed by atoms with Crippen LogP contribution in [-0.4, -0.2) is 29.6 Å². The van der Waals surface area contributed by atoms with Crippen LogP contribution < -0.4 is 15.7 Å². The molecular formula is C22H18Cl2N2O6. The van der Waals surface area contributed by atoms with Gasteiger partial charge in [0, 0.05) is 23.2 Å². The van der Waals surface area contributed by atoms with Crippen molar-refractivity contribution in [2.24, 2.45) is 0 Å². The Hall–Kier alpha value is -3.10. The monoisotopic (exact) mass is 476 g/mol. The molecule has 1 aliphatic rings. The van der Waals surface area contributed by atoms with Crippen molar-refractivity contribution in [2.75, 3.05) is 11.9 Å². The summed E-state index contributed by atoms with van der Waals surface area (Å²) in [5, 5.41) is 3.80. The summed E-state index contributed by atoms with van der Waals surface area (Å²) >= 11 is 11.7. The zero-order valence-electron chi connectivity index (χ0n) is 16.9. The zero-order chi connectivity index (χ0) is 22.8. The van der Waals surface area contributed by atoms with Crippen LogP contribution in [0.25, 0.3) is 11.0 Å². The van der Waals surface area contributed by atoms with Gasteiger partial charge in [-0.05, 0) is 49.9 Å². The number of nitrogens with zero attached hydrogens (tertiary/aromatic N) is 1. The normalized spacial score (nSPS) is 13.5. The molecule has 1 atom stereocenters. The predicted octanol–water partition coefficient (Wildman–Crippen LogP) is 3.93. The van der Waals surface area contributed by atoms with Gasteiger partial charge in [-0.25, -0.2) is 14.6 Å². The summed E-state index contributed by atoms with van der Waals surface area (Å²) in [5.41, 5.74) is 1.81. The third kappa shape index (κ3) is 4.71. The topological polar surface area (TPSA) is 108 Å². The van der Waals surface area contributed by atoms with Gasteiger partial charge < -0.3 is 19.2 Å². The van der Waals surface area contributed by atoms with Gasteiger partial charge in [-0.15, -0.1) is 0 Å². The summed E-state index contributed by atoms with van der Waals surface area (Å²) < 4.78 is 15.9. The highest BCUT2D eigenvalue weighted by molar-refractivity contribution is 6.36. The van der Waals surface area contributed by atoms with Crippen molar-refractivity contribution in [3.63, 3.8) is 0 Å². The van der Waals surface area contributed by atoms with Gasteiger partial charge in [-0.3, -0.25) is 4.79 Å². The second-order valence-electron chi connectivity index (χ2n) is 7.25. The smallest absolute Gasteiger partial charge is 0.344 e. The van der Waals surface area contributed by atoms with Crippen molar-refractivity contribution in [3.8, 4) is 5.75 Å². The van der Waals surface area contributed by atoms with Gasteiger partial charge in [0.05, 0.1) is 10.0 Å². The SMILES string of the molecule is C[C@H](OC(=O)COc1ccc2c3c(c(=O)oc2c1)CCC3)C(=O)Nc1ncc(Cl)cc1Cl. The van der Waals surface area contributed by atoms with Gasteiger partial charge in [0.2, 0.25) is 0 Å². The summed E-state index contributed by atoms with van der Waals surface area (Å²) in [6, 6.07) is 6.49. The van der Waals surface area contributed by atoms with Gasteiger partial charge in [0.25, 0.3) is 5.91 Å². The minimum Gasteiger partial charge on any atom is -0.482 e. The van der Waals surface area contributed by atoms with Crippen LogP contribution in [0.5, 0.6) is 5.75 Å². The number of benzene rings is 1. The first kappa shape index (κ1) is 22.1. The molecule has 10 heteroatoms. The number of hydrogen-bond acceptors (Lipinski definition) is 7. The number of amides is 1. The summed E-state index contributed by atoms with van der Waals surface area (Å²) in [4.78, 5) is 40.4. The van der Waals surface area contributed by atoms with E-state index in [1.165, 1.54) is 19.2 Å². The van der Waals surface area contributed by atoms with Crippen LogP contribution in [-0.2, 0) is 27.2 Å². The van der Waals surface area contributed by atoms with E-state index in [-0.39, 0.29) is 16.5 Å². The molecule has 8 nitrogen and oxygen atoms in total. The van der Waals surface area contributed by atoms with Crippen LogP contribution in [0, 0.1) is 0 Å². The van der Waals surface area contributed by atoms with E-state index < -0.39 is 24.6 Å². The van der Waals surface area contributed by atoms with Crippen LogP contribution >= 0.6 is 23.2 Å². The Morgan fingerprint density at radius 1 is 1.22 bits per heavy atom. The Bertz CT molecular complexity index is 1270. The lowest BCUT2D eigenvalue weighted by atomic mass is 10.1. The van der Waals surface area contributed by atoms with Gasteiger partial charge in [-0.2, -0.15) is 0 Å². The van der Waals surface area contributed by atoms with Gasteiger partial charge in [0.1, 0.15) is 11.3 Å². The van der Waals surface area contributed by atoms with Crippen molar-refractivity contribution >= 4 is 51.9 Å². The molecule has 1 aliphatic carbocycles. The number of halogens is 2. The van der Waals surface area contributed by atoms with Gasteiger partial charge in [0.15, 0.2) is 18.5 Å². The first-order valence-corrected chi connectivity index (χ1v) is 10.6. The number of aryl methyl sites for hydroxylation is 1. The summed E-state index contributed by atoms with van der Waals surface area (Å²) in [7, 11) is 0. The molecule has 0 saturated heterocycles. The Kier molecular flexibility index (Phi) is 6.34. The number of esters is 1. The molecular weight excluding hydrogens is 459 g/mol. The van der Waals surface area contributed by atoms with Crippen molar-refractivity contribution < 1.29 is 23.5 Å². The number of anilines is 1. The van der Waals surface area contributed by atoms with E-state index in [0.717, 1.165) is 35.8 Å². The van der Waals surface area contributed by atoms with Crippen LogP contribution in [0.3, 0.4) is 0 Å². The van der Waals surface area contributed by atoms with Crippen LogP contribution in [0.4, 0.5) is 5.82 Å². The Morgan fingerprint density at radius 2 is 2.00 bits per heavy atom.